The first-order valence-electron chi connectivity index (χ1n) is 8.97. The minimum atomic E-state index is -0.160. The van der Waals surface area contributed by atoms with E-state index in [-0.39, 0.29) is 12.1 Å². The van der Waals surface area contributed by atoms with Crippen molar-refractivity contribution in [3.8, 4) is 0 Å². The van der Waals surface area contributed by atoms with E-state index in [0.717, 1.165) is 38.0 Å². The van der Waals surface area contributed by atoms with Crippen LogP contribution in [0.1, 0.15) is 41.7 Å². The van der Waals surface area contributed by atoms with Crippen molar-refractivity contribution in [2.75, 3.05) is 11.4 Å². The highest BCUT2D eigenvalue weighted by molar-refractivity contribution is 5.47. The summed E-state index contributed by atoms with van der Waals surface area (Å²) < 4.78 is 6.99. The Kier molecular flexibility index (Phi) is 3.58. The van der Waals surface area contributed by atoms with Gasteiger partial charge >= 0.3 is 0 Å². The molecule has 7 nitrogen and oxygen atoms in total. The number of rotatable bonds is 4. The standard InChI is InChI=1S/C19H19N5O2/c25-18-9-16(23-8-7-13-3-1-2-4-15(13)11-23)10-20-24(18)12-17-21-22-19(26-17)14-5-6-14/h1-4,9-10,14H,5-8,11-12H2. The Morgan fingerprint density at radius 1 is 1.15 bits per heavy atom. The van der Waals surface area contributed by atoms with E-state index >= 15 is 0 Å². The molecule has 3 aromatic rings. The number of nitrogens with zero attached hydrogens (tertiary/aromatic N) is 5. The van der Waals surface area contributed by atoms with Crippen molar-refractivity contribution in [2.24, 2.45) is 0 Å². The summed E-state index contributed by atoms with van der Waals surface area (Å²) in [6.07, 6.45) is 4.93. The van der Waals surface area contributed by atoms with Crippen LogP contribution >= 0.6 is 0 Å². The van der Waals surface area contributed by atoms with E-state index in [9.17, 15) is 4.79 Å². The Morgan fingerprint density at radius 2 is 2.00 bits per heavy atom. The zero-order chi connectivity index (χ0) is 17.5. The van der Waals surface area contributed by atoms with Crippen molar-refractivity contribution in [1.82, 2.24) is 20.0 Å². The van der Waals surface area contributed by atoms with E-state index in [0.29, 0.717) is 17.7 Å². The second-order valence-electron chi connectivity index (χ2n) is 6.96. The zero-order valence-corrected chi connectivity index (χ0v) is 14.3. The van der Waals surface area contributed by atoms with Crippen LogP contribution < -0.4 is 10.5 Å². The first kappa shape index (κ1) is 15.3. The second-order valence-corrected chi connectivity index (χ2v) is 6.96. The maximum absolute atomic E-state index is 12.5. The summed E-state index contributed by atoms with van der Waals surface area (Å²) >= 11 is 0. The summed E-state index contributed by atoms with van der Waals surface area (Å²) in [5.74, 6) is 1.52. The van der Waals surface area contributed by atoms with Gasteiger partial charge in [-0.1, -0.05) is 24.3 Å². The maximum atomic E-state index is 12.5. The summed E-state index contributed by atoms with van der Waals surface area (Å²) in [5.41, 5.74) is 3.38. The lowest BCUT2D eigenvalue weighted by atomic mass is 10.00. The van der Waals surface area contributed by atoms with Crippen LogP contribution in [0.5, 0.6) is 0 Å². The van der Waals surface area contributed by atoms with Gasteiger partial charge in [0, 0.05) is 25.1 Å². The number of anilines is 1. The molecule has 1 aromatic carbocycles. The number of hydrogen-bond acceptors (Lipinski definition) is 6. The second kappa shape index (κ2) is 6.09. The predicted molar refractivity (Wildman–Crippen MR) is 95.1 cm³/mol. The number of benzene rings is 1. The van der Waals surface area contributed by atoms with Crippen LogP contribution in [0.25, 0.3) is 0 Å². The van der Waals surface area contributed by atoms with Crippen molar-refractivity contribution in [2.45, 2.75) is 38.3 Å². The van der Waals surface area contributed by atoms with Gasteiger partial charge in [0.25, 0.3) is 5.56 Å². The molecular formula is C19H19N5O2. The topological polar surface area (TPSA) is 77.1 Å². The van der Waals surface area contributed by atoms with Crippen LogP contribution in [0.2, 0.25) is 0 Å². The molecule has 26 heavy (non-hydrogen) atoms. The molecular weight excluding hydrogens is 330 g/mol. The number of fused-ring (bicyclic) bond motifs is 1. The van der Waals surface area contributed by atoms with Crippen LogP contribution in [0, 0.1) is 0 Å². The van der Waals surface area contributed by atoms with Gasteiger partial charge in [0.2, 0.25) is 11.8 Å². The third-order valence-corrected chi connectivity index (χ3v) is 5.05. The summed E-state index contributed by atoms with van der Waals surface area (Å²) in [5, 5.41) is 12.4. The van der Waals surface area contributed by atoms with Crippen LogP contribution in [0.3, 0.4) is 0 Å². The Hall–Kier alpha value is -2.96. The van der Waals surface area contributed by atoms with E-state index < -0.39 is 0 Å². The van der Waals surface area contributed by atoms with Gasteiger partial charge in [-0.2, -0.15) is 5.10 Å². The molecule has 0 N–H and O–H groups in total. The smallest absolute Gasteiger partial charge is 0.269 e. The third kappa shape index (κ3) is 2.89. The summed E-state index contributed by atoms with van der Waals surface area (Å²) in [7, 11) is 0. The van der Waals surface area contributed by atoms with Gasteiger partial charge in [-0.25, -0.2) is 4.68 Å². The average molecular weight is 349 g/mol. The minimum Gasteiger partial charge on any atom is -0.423 e. The molecule has 0 unspecified atom stereocenters. The quantitative estimate of drug-likeness (QED) is 0.718. The molecule has 2 aromatic heterocycles. The Labute approximate surface area is 150 Å². The lowest BCUT2D eigenvalue weighted by molar-refractivity contribution is 0.425. The van der Waals surface area contributed by atoms with E-state index in [1.165, 1.54) is 15.8 Å². The summed E-state index contributed by atoms with van der Waals surface area (Å²) in [6.45, 7) is 1.90. The van der Waals surface area contributed by atoms with Gasteiger partial charge in [-0.3, -0.25) is 4.79 Å². The molecule has 0 atom stereocenters. The third-order valence-electron chi connectivity index (χ3n) is 5.05. The van der Waals surface area contributed by atoms with Crippen LogP contribution in [0.15, 0.2) is 45.7 Å². The highest BCUT2D eigenvalue weighted by atomic mass is 16.4. The fourth-order valence-corrected chi connectivity index (χ4v) is 3.39. The van der Waals surface area contributed by atoms with Gasteiger partial charge in [0.15, 0.2) is 0 Å². The van der Waals surface area contributed by atoms with Crippen molar-refractivity contribution < 1.29 is 4.42 Å². The molecule has 5 rings (SSSR count). The summed E-state index contributed by atoms with van der Waals surface area (Å²) in [6, 6.07) is 10.1. The lowest BCUT2D eigenvalue weighted by Gasteiger charge is -2.30. The fourth-order valence-electron chi connectivity index (χ4n) is 3.39. The molecule has 1 aliphatic carbocycles. The monoisotopic (exact) mass is 349 g/mol. The number of aromatic nitrogens is 4. The molecule has 2 aliphatic rings. The molecule has 1 aliphatic heterocycles. The Balaban J connectivity index is 1.34. The van der Waals surface area contributed by atoms with Gasteiger partial charge < -0.3 is 9.32 Å². The Bertz CT molecular complexity index is 1000. The molecule has 0 radical (unpaired) electrons. The first-order valence-corrected chi connectivity index (χ1v) is 8.97. The van der Waals surface area contributed by atoms with Crippen molar-refractivity contribution in [1.29, 1.82) is 0 Å². The maximum Gasteiger partial charge on any atom is 0.269 e. The molecule has 132 valence electrons. The van der Waals surface area contributed by atoms with Gasteiger partial charge in [0.1, 0.15) is 6.54 Å². The number of hydrogen-bond donors (Lipinski definition) is 0. The van der Waals surface area contributed by atoms with Crippen molar-refractivity contribution in [3.05, 3.63) is 69.8 Å². The fraction of sp³-hybridized carbons (Fsp3) is 0.368. The van der Waals surface area contributed by atoms with Crippen LogP contribution in [-0.4, -0.2) is 26.5 Å². The van der Waals surface area contributed by atoms with E-state index in [1.807, 2.05) is 0 Å². The minimum absolute atomic E-state index is 0.160. The molecule has 0 spiro atoms. The molecule has 0 saturated heterocycles. The van der Waals surface area contributed by atoms with Gasteiger partial charge in [-0.05, 0) is 30.4 Å². The SMILES string of the molecule is O=c1cc(N2CCc3ccccc3C2)cnn1Cc1nnc(C2CC2)o1. The first-order chi connectivity index (χ1) is 12.8. The lowest BCUT2D eigenvalue weighted by Crippen LogP contribution is -2.32. The van der Waals surface area contributed by atoms with Gasteiger partial charge in [-0.15, -0.1) is 10.2 Å². The van der Waals surface area contributed by atoms with Crippen molar-refractivity contribution >= 4 is 5.69 Å². The average Bonchev–Trinajstić information content (AvgIpc) is 3.42. The molecule has 0 amide bonds. The Morgan fingerprint density at radius 3 is 2.81 bits per heavy atom. The van der Waals surface area contributed by atoms with E-state index in [4.69, 9.17) is 4.42 Å². The summed E-state index contributed by atoms with van der Waals surface area (Å²) in [4.78, 5) is 14.7. The highest BCUT2D eigenvalue weighted by Gasteiger charge is 2.29. The molecule has 1 fully saturated rings. The van der Waals surface area contributed by atoms with Crippen LogP contribution in [0.4, 0.5) is 5.69 Å². The predicted octanol–water partition coefficient (Wildman–Crippen LogP) is 2.11. The molecule has 3 heterocycles. The molecule has 0 bridgehead atoms. The highest BCUT2D eigenvalue weighted by Crippen LogP contribution is 2.39. The molecule has 7 heteroatoms. The van der Waals surface area contributed by atoms with E-state index in [2.05, 4.69) is 44.5 Å². The van der Waals surface area contributed by atoms with Gasteiger partial charge in [0.05, 0.1) is 11.9 Å². The largest absolute Gasteiger partial charge is 0.423 e. The zero-order valence-electron chi connectivity index (χ0n) is 14.3. The van der Waals surface area contributed by atoms with Crippen molar-refractivity contribution in [3.63, 3.8) is 0 Å². The molecule has 1 saturated carbocycles. The van der Waals surface area contributed by atoms with Crippen LogP contribution in [-0.2, 0) is 19.5 Å². The van der Waals surface area contributed by atoms with E-state index in [1.54, 1.807) is 12.3 Å². The normalized spacial score (nSPS) is 16.5.